The second kappa shape index (κ2) is 3.61. The van der Waals surface area contributed by atoms with E-state index in [0.717, 1.165) is 5.52 Å². The van der Waals surface area contributed by atoms with Gasteiger partial charge in [0.25, 0.3) is 0 Å². The Hall–Kier alpha value is -0.880. The summed E-state index contributed by atoms with van der Waals surface area (Å²) in [6.45, 7) is 0. The van der Waals surface area contributed by atoms with E-state index in [-0.39, 0.29) is 0 Å². The smallest absolute Gasteiger partial charge is 0.0732 e. The Morgan fingerprint density at radius 2 is 2.20 bits per heavy atom. The van der Waals surface area contributed by atoms with Gasteiger partial charge in [-0.2, -0.15) is 0 Å². The molecule has 0 amide bonds. The van der Waals surface area contributed by atoms with Gasteiger partial charge in [0.05, 0.1) is 14.6 Å². The molecular weight excluding hydrogens is 319 g/mol. The average molecular weight is 326 g/mol. The molecule has 0 aliphatic rings. The van der Waals surface area contributed by atoms with Crippen LogP contribution in [-0.2, 0) is 0 Å². The number of hydrogen-bond donors (Lipinski definition) is 1. The summed E-state index contributed by atoms with van der Waals surface area (Å²) in [6.07, 6.45) is 5.74. The fourth-order valence-corrected chi connectivity index (χ4v) is 3.22. The minimum Gasteiger partial charge on any atom is -0.359 e. The number of aromatic amines is 1. The second-order valence-corrected chi connectivity index (χ2v) is 5.96. The maximum Gasteiger partial charge on any atom is 0.0732 e. The highest BCUT2D eigenvalue weighted by atomic mass is 127. The molecule has 1 N–H and O–H groups in total. The Morgan fingerprint density at radius 1 is 1.27 bits per heavy atom. The Morgan fingerprint density at radius 3 is 3.00 bits per heavy atom. The summed E-state index contributed by atoms with van der Waals surface area (Å²) >= 11 is 4.15. The summed E-state index contributed by atoms with van der Waals surface area (Å²) in [4.78, 5) is 7.34. The van der Waals surface area contributed by atoms with Crippen LogP contribution < -0.4 is 0 Å². The van der Waals surface area contributed by atoms with Crippen molar-refractivity contribution >= 4 is 44.8 Å². The minimum atomic E-state index is 1.09. The van der Waals surface area contributed by atoms with Gasteiger partial charge in [0, 0.05) is 28.9 Å². The Balaban J connectivity index is 2.32. The van der Waals surface area contributed by atoms with Crippen LogP contribution in [0.25, 0.3) is 22.0 Å². The molecule has 3 heterocycles. The van der Waals surface area contributed by atoms with Crippen LogP contribution in [0.1, 0.15) is 0 Å². The zero-order valence-electron chi connectivity index (χ0n) is 7.70. The summed E-state index contributed by atoms with van der Waals surface area (Å²) in [6, 6.07) is 4.21. The maximum absolute atomic E-state index is 4.10. The predicted octanol–water partition coefficient (Wildman–Crippen LogP) is 3.90. The molecule has 0 aromatic carbocycles. The molecule has 0 aliphatic heterocycles. The van der Waals surface area contributed by atoms with Crippen molar-refractivity contribution in [3.8, 4) is 11.1 Å². The molecule has 74 valence electrons. The molecule has 3 rings (SSSR count). The van der Waals surface area contributed by atoms with E-state index >= 15 is 0 Å². The zero-order chi connectivity index (χ0) is 10.3. The number of pyridine rings is 1. The lowest BCUT2D eigenvalue weighted by molar-refractivity contribution is 1.34. The monoisotopic (exact) mass is 326 g/mol. The molecule has 0 bridgehead atoms. The molecule has 3 aromatic heterocycles. The second-order valence-electron chi connectivity index (χ2n) is 3.23. The summed E-state index contributed by atoms with van der Waals surface area (Å²) in [5.41, 5.74) is 3.66. The van der Waals surface area contributed by atoms with Gasteiger partial charge in [-0.05, 0) is 40.1 Å². The highest BCUT2D eigenvalue weighted by Gasteiger charge is 2.09. The number of fused-ring (bicyclic) bond motifs is 1. The minimum absolute atomic E-state index is 1.09. The van der Waals surface area contributed by atoms with Crippen LogP contribution >= 0.6 is 33.9 Å². The first-order chi connectivity index (χ1) is 7.36. The van der Waals surface area contributed by atoms with Gasteiger partial charge < -0.3 is 4.98 Å². The molecule has 0 aliphatic carbocycles. The molecule has 0 saturated carbocycles. The van der Waals surface area contributed by atoms with Crippen molar-refractivity contribution in [3.63, 3.8) is 0 Å². The van der Waals surface area contributed by atoms with E-state index < -0.39 is 0 Å². The Kier molecular flexibility index (Phi) is 2.25. The van der Waals surface area contributed by atoms with E-state index in [1.54, 1.807) is 11.3 Å². The first-order valence-corrected chi connectivity index (χ1v) is 6.46. The highest BCUT2D eigenvalue weighted by molar-refractivity contribution is 14.1. The lowest BCUT2D eigenvalue weighted by atomic mass is 10.1. The van der Waals surface area contributed by atoms with Crippen molar-refractivity contribution in [1.82, 2.24) is 9.97 Å². The number of nitrogens with zero attached hydrogens (tertiary/aromatic N) is 1. The van der Waals surface area contributed by atoms with E-state index in [0.29, 0.717) is 0 Å². The maximum atomic E-state index is 4.10. The van der Waals surface area contributed by atoms with E-state index in [2.05, 4.69) is 56.3 Å². The number of H-pyrrole nitrogens is 1. The Labute approximate surface area is 105 Å². The molecule has 15 heavy (non-hydrogen) atoms. The van der Waals surface area contributed by atoms with Crippen LogP contribution in [0.2, 0.25) is 0 Å². The van der Waals surface area contributed by atoms with E-state index in [4.69, 9.17) is 0 Å². The summed E-state index contributed by atoms with van der Waals surface area (Å²) in [5.74, 6) is 0. The number of rotatable bonds is 1. The summed E-state index contributed by atoms with van der Waals surface area (Å²) < 4.78 is 1.32. The molecular formula is C11H7IN2S. The number of aromatic nitrogens is 2. The van der Waals surface area contributed by atoms with Crippen molar-refractivity contribution < 1.29 is 0 Å². The number of nitrogens with one attached hydrogen (secondary N) is 1. The standard InChI is InChI=1S/C11H7IN2S/c12-11-8(2-4-15-11)9-5-14-10-6-13-3-1-7(9)10/h1-6,14H. The molecule has 0 saturated heterocycles. The van der Waals surface area contributed by atoms with E-state index in [1.165, 1.54) is 19.4 Å². The normalized spacial score (nSPS) is 11.0. The molecule has 0 fully saturated rings. The van der Waals surface area contributed by atoms with Crippen LogP contribution in [0.15, 0.2) is 36.1 Å². The first kappa shape index (κ1) is 9.35. The van der Waals surface area contributed by atoms with Crippen LogP contribution in [0.3, 0.4) is 0 Å². The van der Waals surface area contributed by atoms with Gasteiger partial charge in [-0.25, -0.2) is 0 Å². The van der Waals surface area contributed by atoms with Gasteiger partial charge in [-0.3, -0.25) is 4.98 Å². The van der Waals surface area contributed by atoms with E-state index in [1.807, 2.05) is 12.4 Å². The van der Waals surface area contributed by atoms with Crippen molar-refractivity contribution in [2.24, 2.45) is 0 Å². The summed E-state index contributed by atoms with van der Waals surface area (Å²) in [7, 11) is 0. The van der Waals surface area contributed by atoms with Crippen molar-refractivity contribution in [2.75, 3.05) is 0 Å². The van der Waals surface area contributed by atoms with E-state index in [9.17, 15) is 0 Å². The van der Waals surface area contributed by atoms with Crippen molar-refractivity contribution in [3.05, 3.63) is 39.0 Å². The molecule has 0 atom stereocenters. The molecule has 0 radical (unpaired) electrons. The molecule has 2 nitrogen and oxygen atoms in total. The first-order valence-electron chi connectivity index (χ1n) is 4.51. The Bertz CT molecular complexity index is 612. The van der Waals surface area contributed by atoms with Crippen LogP contribution in [0.5, 0.6) is 0 Å². The molecule has 4 heteroatoms. The van der Waals surface area contributed by atoms with Gasteiger partial charge in [-0.1, -0.05) is 0 Å². The molecule has 0 spiro atoms. The van der Waals surface area contributed by atoms with Gasteiger partial charge in [0.15, 0.2) is 0 Å². The van der Waals surface area contributed by atoms with Gasteiger partial charge >= 0.3 is 0 Å². The predicted molar refractivity (Wildman–Crippen MR) is 72.1 cm³/mol. The topological polar surface area (TPSA) is 28.7 Å². The number of hydrogen-bond acceptors (Lipinski definition) is 2. The fraction of sp³-hybridized carbons (Fsp3) is 0. The lowest BCUT2D eigenvalue weighted by Crippen LogP contribution is -1.74. The molecule has 0 unspecified atom stereocenters. The lowest BCUT2D eigenvalue weighted by Gasteiger charge is -1.95. The van der Waals surface area contributed by atoms with Gasteiger partial charge in [-0.15, -0.1) is 11.3 Å². The third-order valence-electron chi connectivity index (χ3n) is 2.39. The fourth-order valence-electron chi connectivity index (χ4n) is 1.68. The quantitative estimate of drug-likeness (QED) is 0.675. The third kappa shape index (κ3) is 1.48. The zero-order valence-corrected chi connectivity index (χ0v) is 10.7. The number of halogens is 1. The van der Waals surface area contributed by atoms with Crippen LogP contribution in [-0.4, -0.2) is 9.97 Å². The highest BCUT2D eigenvalue weighted by Crippen LogP contribution is 2.33. The summed E-state index contributed by atoms with van der Waals surface area (Å²) in [5, 5.41) is 3.36. The molecule has 3 aromatic rings. The van der Waals surface area contributed by atoms with Crippen LogP contribution in [0, 0.1) is 2.88 Å². The average Bonchev–Trinajstić information content (AvgIpc) is 2.83. The largest absolute Gasteiger partial charge is 0.359 e. The SMILES string of the molecule is Ic1sccc1-c1c[nH]c2cnccc12. The number of thiophene rings is 1. The van der Waals surface area contributed by atoms with Crippen LogP contribution in [0.4, 0.5) is 0 Å². The van der Waals surface area contributed by atoms with Gasteiger partial charge in [0.1, 0.15) is 0 Å². The van der Waals surface area contributed by atoms with Crippen molar-refractivity contribution in [1.29, 1.82) is 0 Å². The van der Waals surface area contributed by atoms with Crippen molar-refractivity contribution in [2.45, 2.75) is 0 Å². The van der Waals surface area contributed by atoms with Gasteiger partial charge in [0.2, 0.25) is 0 Å². The third-order valence-corrected chi connectivity index (χ3v) is 4.43.